The van der Waals surface area contributed by atoms with Crippen LogP contribution in [-0.4, -0.2) is 16.1 Å². The lowest BCUT2D eigenvalue weighted by atomic mass is 10.1. The average Bonchev–Trinajstić information content (AvgIpc) is 2.50. The molecule has 13 heavy (non-hydrogen) atoms. The van der Waals surface area contributed by atoms with Crippen LogP contribution in [0.15, 0.2) is 0 Å². The first-order chi connectivity index (χ1) is 6.13. The Morgan fingerprint density at radius 3 is 2.85 bits per heavy atom. The third-order valence-corrected chi connectivity index (χ3v) is 2.83. The Bertz CT molecular complexity index is 297. The van der Waals surface area contributed by atoms with Crippen molar-refractivity contribution >= 4 is 22.4 Å². The molecule has 5 heteroatoms. The van der Waals surface area contributed by atoms with Crippen LogP contribution in [0.25, 0.3) is 0 Å². The molecule has 1 unspecified atom stereocenters. The molecule has 1 heterocycles. The molecule has 4 nitrogen and oxygen atoms in total. The Morgan fingerprint density at radius 1 is 1.62 bits per heavy atom. The molecule has 0 saturated heterocycles. The van der Waals surface area contributed by atoms with E-state index >= 15 is 0 Å². The molecule has 0 saturated carbocycles. The van der Waals surface area contributed by atoms with Gasteiger partial charge in [0, 0.05) is 12.8 Å². The number of carbonyl (C=O) groups excluding carboxylic acids is 1. The van der Waals surface area contributed by atoms with Gasteiger partial charge in [0.25, 0.3) is 0 Å². The van der Waals surface area contributed by atoms with Crippen LogP contribution in [0.1, 0.15) is 38.1 Å². The predicted molar refractivity (Wildman–Crippen MR) is 52.9 cm³/mol. The Kier molecular flexibility index (Phi) is 3.36. The second-order valence-electron chi connectivity index (χ2n) is 2.94. The van der Waals surface area contributed by atoms with E-state index in [-0.39, 0.29) is 5.91 Å². The quantitative estimate of drug-likeness (QED) is 0.810. The van der Waals surface area contributed by atoms with Gasteiger partial charge in [0.2, 0.25) is 11.0 Å². The van der Waals surface area contributed by atoms with Crippen molar-refractivity contribution in [2.75, 3.05) is 5.32 Å². The first-order valence-corrected chi connectivity index (χ1v) is 5.06. The van der Waals surface area contributed by atoms with E-state index in [0.717, 1.165) is 11.4 Å². The fourth-order valence-electron chi connectivity index (χ4n) is 0.809. The van der Waals surface area contributed by atoms with Gasteiger partial charge in [0.05, 0.1) is 0 Å². The second-order valence-corrected chi connectivity index (χ2v) is 3.95. The molecule has 1 aromatic rings. The third kappa shape index (κ3) is 2.77. The smallest absolute Gasteiger partial charge is 0.223 e. The first kappa shape index (κ1) is 10.1. The van der Waals surface area contributed by atoms with Crippen molar-refractivity contribution in [1.82, 2.24) is 10.2 Å². The molecule has 0 aliphatic carbocycles. The lowest BCUT2D eigenvalue weighted by Crippen LogP contribution is -2.04. The maximum Gasteiger partial charge on any atom is 0.223 e. The summed E-state index contributed by atoms with van der Waals surface area (Å²) in [6.45, 7) is 5.66. The van der Waals surface area contributed by atoms with Gasteiger partial charge in [-0.2, -0.15) is 0 Å². The van der Waals surface area contributed by atoms with Gasteiger partial charge in [-0.15, -0.1) is 10.2 Å². The highest BCUT2D eigenvalue weighted by molar-refractivity contribution is 7.15. The van der Waals surface area contributed by atoms with Crippen LogP contribution in [0.3, 0.4) is 0 Å². The number of hydrogen-bond donors (Lipinski definition) is 1. The van der Waals surface area contributed by atoms with E-state index in [1.807, 2.05) is 0 Å². The first-order valence-electron chi connectivity index (χ1n) is 4.24. The third-order valence-electron chi connectivity index (χ3n) is 1.76. The largest absolute Gasteiger partial charge is 0.301 e. The molecule has 0 aliphatic rings. The molecule has 72 valence electrons. The van der Waals surface area contributed by atoms with Gasteiger partial charge in [-0.25, -0.2) is 0 Å². The highest BCUT2D eigenvalue weighted by atomic mass is 32.1. The molecule has 1 rings (SSSR count). The second kappa shape index (κ2) is 4.32. The molecule has 1 atom stereocenters. The van der Waals surface area contributed by atoms with Gasteiger partial charge in [0.1, 0.15) is 5.01 Å². The van der Waals surface area contributed by atoms with Crippen molar-refractivity contribution in [2.24, 2.45) is 0 Å². The number of nitrogens with zero attached hydrogens (tertiary/aromatic N) is 2. The average molecular weight is 199 g/mol. The SMILES string of the molecule is CCC(C)c1nnc(NC(C)=O)s1. The van der Waals surface area contributed by atoms with Crippen molar-refractivity contribution in [3.05, 3.63) is 5.01 Å². The van der Waals surface area contributed by atoms with Gasteiger partial charge in [0.15, 0.2) is 0 Å². The lowest BCUT2D eigenvalue weighted by Gasteiger charge is -1.99. The molecular formula is C8H13N3OS. The van der Waals surface area contributed by atoms with Crippen LogP contribution in [0.5, 0.6) is 0 Å². The Labute approximate surface area is 81.4 Å². The fraction of sp³-hybridized carbons (Fsp3) is 0.625. The topological polar surface area (TPSA) is 54.9 Å². The van der Waals surface area contributed by atoms with E-state index in [1.54, 1.807) is 0 Å². The van der Waals surface area contributed by atoms with Crippen LogP contribution >= 0.6 is 11.3 Å². The monoisotopic (exact) mass is 199 g/mol. The number of aromatic nitrogens is 2. The van der Waals surface area contributed by atoms with Gasteiger partial charge in [-0.05, 0) is 6.42 Å². The zero-order chi connectivity index (χ0) is 9.84. The number of hydrogen-bond acceptors (Lipinski definition) is 4. The molecule has 0 fully saturated rings. The van der Waals surface area contributed by atoms with E-state index in [2.05, 4.69) is 29.4 Å². The minimum Gasteiger partial charge on any atom is -0.301 e. The summed E-state index contributed by atoms with van der Waals surface area (Å²) in [6, 6.07) is 0. The number of rotatable bonds is 3. The molecule has 0 radical (unpaired) electrons. The summed E-state index contributed by atoms with van der Waals surface area (Å²) in [5, 5.41) is 12.0. The summed E-state index contributed by atoms with van der Waals surface area (Å²) in [7, 11) is 0. The lowest BCUT2D eigenvalue weighted by molar-refractivity contribution is -0.114. The van der Waals surface area contributed by atoms with Gasteiger partial charge >= 0.3 is 0 Å². The summed E-state index contributed by atoms with van der Waals surface area (Å²) in [5.74, 6) is 0.312. The molecule has 0 aliphatic heterocycles. The Morgan fingerprint density at radius 2 is 2.31 bits per heavy atom. The summed E-state index contributed by atoms with van der Waals surface area (Å²) in [5.41, 5.74) is 0. The van der Waals surface area contributed by atoms with Crippen molar-refractivity contribution in [3.8, 4) is 0 Å². The van der Waals surface area contributed by atoms with Crippen LogP contribution in [-0.2, 0) is 4.79 Å². The van der Waals surface area contributed by atoms with Gasteiger partial charge in [-0.1, -0.05) is 25.2 Å². The molecule has 0 aromatic carbocycles. The number of nitrogens with one attached hydrogen (secondary N) is 1. The van der Waals surface area contributed by atoms with E-state index in [0.29, 0.717) is 11.0 Å². The maximum atomic E-state index is 10.7. The van der Waals surface area contributed by atoms with Crippen molar-refractivity contribution in [1.29, 1.82) is 0 Å². The van der Waals surface area contributed by atoms with Crippen molar-refractivity contribution < 1.29 is 4.79 Å². The summed E-state index contributed by atoms with van der Waals surface area (Å²) >= 11 is 1.44. The zero-order valence-electron chi connectivity index (χ0n) is 8.00. The Balaban J connectivity index is 2.68. The zero-order valence-corrected chi connectivity index (χ0v) is 8.81. The van der Waals surface area contributed by atoms with E-state index in [9.17, 15) is 4.79 Å². The summed E-state index contributed by atoms with van der Waals surface area (Å²) in [6.07, 6.45) is 1.04. The summed E-state index contributed by atoms with van der Waals surface area (Å²) < 4.78 is 0. The standard InChI is InChI=1S/C8H13N3OS/c1-4-5(2)7-10-11-8(13-7)9-6(3)12/h5H,4H2,1-3H3,(H,9,11,12). The number of carbonyl (C=O) groups is 1. The molecule has 0 spiro atoms. The predicted octanol–water partition coefficient (Wildman–Crippen LogP) is 2.01. The molecule has 1 amide bonds. The fourth-order valence-corrected chi connectivity index (χ4v) is 1.73. The molecular weight excluding hydrogens is 186 g/mol. The highest BCUT2D eigenvalue weighted by Gasteiger charge is 2.10. The maximum absolute atomic E-state index is 10.7. The minimum absolute atomic E-state index is 0.105. The van der Waals surface area contributed by atoms with Crippen molar-refractivity contribution in [2.45, 2.75) is 33.1 Å². The normalized spacial score (nSPS) is 12.5. The molecule has 1 N–H and O–H groups in total. The molecule has 1 aromatic heterocycles. The van der Waals surface area contributed by atoms with Crippen LogP contribution in [0.2, 0.25) is 0 Å². The Hall–Kier alpha value is -0.970. The number of anilines is 1. The number of amides is 1. The van der Waals surface area contributed by atoms with Crippen LogP contribution in [0.4, 0.5) is 5.13 Å². The van der Waals surface area contributed by atoms with E-state index < -0.39 is 0 Å². The van der Waals surface area contributed by atoms with Gasteiger partial charge in [-0.3, -0.25) is 4.79 Å². The highest BCUT2D eigenvalue weighted by Crippen LogP contribution is 2.24. The van der Waals surface area contributed by atoms with Crippen LogP contribution in [0, 0.1) is 0 Å². The van der Waals surface area contributed by atoms with Gasteiger partial charge < -0.3 is 5.32 Å². The van der Waals surface area contributed by atoms with E-state index in [1.165, 1.54) is 18.3 Å². The van der Waals surface area contributed by atoms with Crippen LogP contribution < -0.4 is 5.32 Å². The van der Waals surface area contributed by atoms with E-state index in [4.69, 9.17) is 0 Å². The molecule has 0 bridgehead atoms. The van der Waals surface area contributed by atoms with Crippen molar-refractivity contribution in [3.63, 3.8) is 0 Å². The summed E-state index contributed by atoms with van der Waals surface area (Å²) in [4.78, 5) is 10.7. The minimum atomic E-state index is -0.105.